The molecule has 2 aromatic heterocycles. The Hall–Kier alpha value is -2.69. The molecule has 0 unspecified atom stereocenters. The van der Waals surface area contributed by atoms with E-state index >= 15 is 0 Å². The van der Waals surface area contributed by atoms with Crippen LogP contribution >= 0.6 is 0 Å². The van der Waals surface area contributed by atoms with Gasteiger partial charge in [0.05, 0.1) is 5.69 Å². The van der Waals surface area contributed by atoms with Crippen LogP contribution in [0, 0.1) is 13.8 Å². The van der Waals surface area contributed by atoms with E-state index in [2.05, 4.69) is 47.2 Å². The van der Waals surface area contributed by atoms with E-state index in [1.54, 1.807) is 18.3 Å². The van der Waals surface area contributed by atoms with Crippen LogP contribution in [0.25, 0.3) is 11.6 Å². The number of hydrogen-bond donors (Lipinski definition) is 1. The number of aromatic nitrogens is 3. The molecule has 106 valence electrons. The average molecular weight is 280 g/mol. The molecule has 5 heteroatoms. The van der Waals surface area contributed by atoms with Gasteiger partial charge in [-0.1, -0.05) is 34.5 Å². The molecule has 3 rings (SSSR count). The lowest BCUT2D eigenvalue weighted by atomic mass is 10.1. The zero-order valence-corrected chi connectivity index (χ0v) is 12.0. The molecule has 21 heavy (non-hydrogen) atoms. The van der Waals surface area contributed by atoms with Gasteiger partial charge < -0.3 is 10.3 Å². The molecule has 5 nitrogen and oxygen atoms in total. The lowest BCUT2D eigenvalue weighted by Crippen LogP contribution is -1.94. The van der Waals surface area contributed by atoms with Gasteiger partial charge in [0.25, 0.3) is 5.89 Å². The smallest absolute Gasteiger partial charge is 0.278 e. The standard InChI is InChI=1S/C16H16N4O/c1-10-6-11(2)8-12(7-10)9-14-19-16(21-20-14)15-13(17)4-3-5-18-15/h3-8H,9,17H2,1-2H3. The van der Waals surface area contributed by atoms with E-state index in [1.165, 1.54) is 11.1 Å². The van der Waals surface area contributed by atoms with Gasteiger partial charge >= 0.3 is 0 Å². The minimum atomic E-state index is 0.354. The molecule has 2 heterocycles. The largest absolute Gasteiger partial charge is 0.397 e. The van der Waals surface area contributed by atoms with Gasteiger partial charge in [-0.3, -0.25) is 0 Å². The van der Waals surface area contributed by atoms with E-state index < -0.39 is 0 Å². The van der Waals surface area contributed by atoms with Crippen LogP contribution in [0.15, 0.2) is 41.1 Å². The van der Waals surface area contributed by atoms with Gasteiger partial charge in [-0.2, -0.15) is 4.98 Å². The number of benzene rings is 1. The second kappa shape index (κ2) is 5.36. The summed E-state index contributed by atoms with van der Waals surface area (Å²) in [6, 6.07) is 9.91. The lowest BCUT2D eigenvalue weighted by molar-refractivity contribution is 0.423. The Morgan fingerprint density at radius 2 is 1.90 bits per heavy atom. The van der Waals surface area contributed by atoms with E-state index in [1.807, 2.05) is 0 Å². The third-order valence-electron chi connectivity index (χ3n) is 3.15. The quantitative estimate of drug-likeness (QED) is 0.798. The molecule has 0 bridgehead atoms. The summed E-state index contributed by atoms with van der Waals surface area (Å²) in [5, 5.41) is 4.01. The highest BCUT2D eigenvalue weighted by atomic mass is 16.5. The van der Waals surface area contributed by atoms with Crippen molar-refractivity contribution in [1.29, 1.82) is 0 Å². The summed E-state index contributed by atoms with van der Waals surface area (Å²) in [4.78, 5) is 8.55. The summed E-state index contributed by atoms with van der Waals surface area (Å²) in [5.74, 6) is 0.979. The van der Waals surface area contributed by atoms with Crippen LogP contribution in [-0.4, -0.2) is 15.1 Å². The van der Waals surface area contributed by atoms with Crippen LogP contribution < -0.4 is 5.73 Å². The molecule has 3 aromatic rings. The minimum Gasteiger partial charge on any atom is -0.397 e. The van der Waals surface area contributed by atoms with Gasteiger partial charge in [-0.15, -0.1) is 0 Å². The normalized spacial score (nSPS) is 10.8. The number of aryl methyl sites for hydroxylation is 2. The predicted octanol–water partition coefficient (Wildman–Crippen LogP) is 2.92. The summed E-state index contributed by atoms with van der Waals surface area (Å²) in [6.45, 7) is 4.15. The van der Waals surface area contributed by atoms with Crippen molar-refractivity contribution in [2.75, 3.05) is 5.73 Å². The molecule has 0 saturated heterocycles. The molecule has 1 aromatic carbocycles. The van der Waals surface area contributed by atoms with Crippen molar-refractivity contribution in [2.24, 2.45) is 0 Å². The van der Waals surface area contributed by atoms with Gasteiger partial charge in [-0.05, 0) is 31.5 Å². The molecule has 0 aliphatic heterocycles. The molecular formula is C16H16N4O. The Labute approximate surface area is 122 Å². The molecule has 0 spiro atoms. The fourth-order valence-electron chi connectivity index (χ4n) is 2.37. The minimum absolute atomic E-state index is 0.354. The molecule has 0 atom stereocenters. The van der Waals surface area contributed by atoms with Crippen LogP contribution in [0.1, 0.15) is 22.5 Å². The van der Waals surface area contributed by atoms with Crippen molar-refractivity contribution in [3.63, 3.8) is 0 Å². The average Bonchev–Trinajstić information content (AvgIpc) is 2.86. The lowest BCUT2D eigenvalue weighted by Gasteiger charge is -2.01. The topological polar surface area (TPSA) is 77.8 Å². The first kappa shape index (κ1) is 13.3. The highest BCUT2D eigenvalue weighted by Gasteiger charge is 2.13. The second-order valence-corrected chi connectivity index (χ2v) is 5.13. The van der Waals surface area contributed by atoms with Crippen LogP contribution in [-0.2, 0) is 6.42 Å². The summed E-state index contributed by atoms with van der Waals surface area (Å²) in [5.41, 5.74) is 10.5. The van der Waals surface area contributed by atoms with Gasteiger partial charge in [0.1, 0.15) is 0 Å². The SMILES string of the molecule is Cc1cc(C)cc(Cc2noc(-c3ncccc3N)n2)c1. The predicted molar refractivity (Wildman–Crippen MR) is 80.7 cm³/mol. The second-order valence-electron chi connectivity index (χ2n) is 5.13. The monoisotopic (exact) mass is 280 g/mol. The van der Waals surface area contributed by atoms with E-state index in [0.29, 0.717) is 29.5 Å². The van der Waals surface area contributed by atoms with Gasteiger partial charge in [0.2, 0.25) is 0 Å². The Balaban J connectivity index is 1.87. The third kappa shape index (κ3) is 2.91. The van der Waals surface area contributed by atoms with Gasteiger partial charge in [0.15, 0.2) is 11.5 Å². The summed E-state index contributed by atoms with van der Waals surface area (Å²) < 4.78 is 5.26. The molecule has 0 radical (unpaired) electrons. The Bertz CT molecular complexity index is 759. The van der Waals surface area contributed by atoms with Crippen LogP contribution in [0.3, 0.4) is 0 Å². The maximum absolute atomic E-state index is 5.86. The van der Waals surface area contributed by atoms with Crippen LogP contribution in [0.4, 0.5) is 5.69 Å². The zero-order chi connectivity index (χ0) is 14.8. The molecule has 0 aliphatic carbocycles. The highest BCUT2D eigenvalue weighted by molar-refractivity contribution is 5.65. The number of nitrogen functional groups attached to an aromatic ring is 1. The Morgan fingerprint density at radius 3 is 2.62 bits per heavy atom. The molecular weight excluding hydrogens is 264 g/mol. The highest BCUT2D eigenvalue weighted by Crippen LogP contribution is 2.21. The van der Waals surface area contributed by atoms with Crippen LogP contribution in [0.2, 0.25) is 0 Å². The number of nitrogens with two attached hydrogens (primary N) is 1. The van der Waals surface area contributed by atoms with Crippen molar-refractivity contribution in [2.45, 2.75) is 20.3 Å². The summed E-state index contributed by atoms with van der Waals surface area (Å²) in [7, 11) is 0. The number of hydrogen-bond acceptors (Lipinski definition) is 5. The van der Waals surface area contributed by atoms with Crippen molar-refractivity contribution in [3.05, 3.63) is 59.0 Å². The fraction of sp³-hybridized carbons (Fsp3) is 0.188. The number of anilines is 1. The Morgan fingerprint density at radius 1 is 1.14 bits per heavy atom. The first-order chi connectivity index (χ1) is 10.1. The van der Waals surface area contributed by atoms with E-state index in [-0.39, 0.29) is 0 Å². The van der Waals surface area contributed by atoms with Gasteiger partial charge in [-0.25, -0.2) is 4.98 Å². The van der Waals surface area contributed by atoms with Crippen molar-refractivity contribution >= 4 is 5.69 Å². The first-order valence-electron chi connectivity index (χ1n) is 6.72. The number of nitrogens with zero attached hydrogens (tertiary/aromatic N) is 3. The fourth-order valence-corrected chi connectivity index (χ4v) is 2.37. The van der Waals surface area contributed by atoms with Crippen LogP contribution in [0.5, 0.6) is 0 Å². The van der Waals surface area contributed by atoms with E-state index in [9.17, 15) is 0 Å². The van der Waals surface area contributed by atoms with E-state index in [4.69, 9.17) is 10.3 Å². The van der Waals surface area contributed by atoms with Crippen molar-refractivity contribution in [1.82, 2.24) is 15.1 Å². The van der Waals surface area contributed by atoms with Crippen molar-refractivity contribution in [3.8, 4) is 11.6 Å². The summed E-state index contributed by atoms with van der Waals surface area (Å²) >= 11 is 0. The molecule has 0 fully saturated rings. The molecule has 0 saturated carbocycles. The maximum Gasteiger partial charge on any atom is 0.278 e. The van der Waals surface area contributed by atoms with Gasteiger partial charge in [0, 0.05) is 12.6 Å². The number of rotatable bonds is 3. The zero-order valence-electron chi connectivity index (χ0n) is 12.0. The van der Waals surface area contributed by atoms with E-state index in [0.717, 1.165) is 5.56 Å². The molecule has 0 aliphatic rings. The molecule has 2 N–H and O–H groups in total. The van der Waals surface area contributed by atoms with Crippen molar-refractivity contribution < 1.29 is 4.52 Å². The summed E-state index contributed by atoms with van der Waals surface area (Å²) in [6.07, 6.45) is 2.28. The first-order valence-corrected chi connectivity index (χ1v) is 6.72. The molecule has 0 amide bonds. The third-order valence-corrected chi connectivity index (χ3v) is 3.15. The Kier molecular flexibility index (Phi) is 3.39. The number of pyridine rings is 1. The maximum atomic E-state index is 5.86.